The van der Waals surface area contributed by atoms with Crippen molar-refractivity contribution in [2.45, 2.75) is 6.92 Å². The first-order valence-corrected chi connectivity index (χ1v) is 9.77. The molecule has 0 atom stereocenters. The molecule has 154 valence electrons. The summed E-state index contributed by atoms with van der Waals surface area (Å²) in [7, 11) is 1.51. The van der Waals surface area contributed by atoms with Gasteiger partial charge in [0.1, 0.15) is 11.3 Å². The third kappa shape index (κ3) is 3.57. The maximum Gasteiger partial charge on any atom is 0.222 e. The van der Waals surface area contributed by atoms with E-state index in [9.17, 15) is 5.11 Å². The van der Waals surface area contributed by atoms with Gasteiger partial charge in [-0.25, -0.2) is 10.4 Å². The molecule has 0 saturated carbocycles. The van der Waals surface area contributed by atoms with Crippen LogP contribution in [0.25, 0.3) is 33.3 Å². The van der Waals surface area contributed by atoms with Crippen LogP contribution in [0.2, 0.25) is 0 Å². The maximum absolute atomic E-state index is 9.92. The Morgan fingerprint density at radius 3 is 2.77 bits per heavy atom. The SMILES string of the molecule is COc1cc(-c2c/c(=N\Nc3nc4ccccc4[nH]3)c3ccc(C)cc3o2)ccc1O. The topological polar surface area (TPSA) is 95.7 Å². The largest absolute Gasteiger partial charge is 0.504 e. The normalized spacial score (nSPS) is 11.9. The molecule has 0 amide bonds. The van der Waals surface area contributed by atoms with Gasteiger partial charge in [-0.05, 0) is 55.0 Å². The van der Waals surface area contributed by atoms with Crippen molar-refractivity contribution < 1.29 is 14.3 Å². The van der Waals surface area contributed by atoms with Crippen LogP contribution >= 0.6 is 0 Å². The van der Waals surface area contributed by atoms with E-state index < -0.39 is 0 Å². The zero-order valence-corrected chi connectivity index (χ0v) is 17.0. The number of nitrogens with one attached hydrogen (secondary N) is 2. The molecule has 5 rings (SSSR count). The standard InChI is InChI=1S/C24H20N4O3/c1-14-7-9-16-19(27-28-24-25-17-5-3-4-6-18(17)26-24)13-21(31-22(16)11-14)15-8-10-20(29)23(12-15)30-2/h3-13,29H,1-2H3,(H2,25,26,28)/b27-19+. The summed E-state index contributed by atoms with van der Waals surface area (Å²) in [5, 5.41) is 16.1. The molecule has 0 aliphatic heterocycles. The summed E-state index contributed by atoms with van der Waals surface area (Å²) < 4.78 is 11.4. The molecule has 7 nitrogen and oxygen atoms in total. The Hall–Kier alpha value is -4.26. The predicted octanol–water partition coefficient (Wildman–Crippen LogP) is 4.93. The van der Waals surface area contributed by atoms with Gasteiger partial charge in [-0.2, -0.15) is 5.10 Å². The van der Waals surface area contributed by atoms with Crippen LogP contribution in [0.15, 0.2) is 76.2 Å². The van der Waals surface area contributed by atoms with Crippen LogP contribution in [-0.4, -0.2) is 22.2 Å². The van der Waals surface area contributed by atoms with Crippen molar-refractivity contribution in [3.63, 3.8) is 0 Å². The van der Waals surface area contributed by atoms with Gasteiger partial charge in [0.25, 0.3) is 0 Å². The number of rotatable bonds is 4. The fourth-order valence-electron chi connectivity index (χ4n) is 3.46. The van der Waals surface area contributed by atoms with Crippen molar-refractivity contribution in [2.24, 2.45) is 5.10 Å². The molecule has 2 aromatic heterocycles. The molecule has 0 saturated heterocycles. The summed E-state index contributed by atoms with van der Waals surface area (Å²) in [4.78, 5) is 7.71. The van der Waals surface area contributed by atoms with Crippen molar-refractivity contribution in [3.8, 4) is 22.8 Å². The van der Waals surface area contributed by atoms with Crippen molar-refractivity contribution in [1.82, 2.24) is 9.97 Å². The molecule has 0 radical (unpaired) electrons. The quantitative estimate of drug-likeness (QED) is 0.364. The number of phenols is 1. The van der Waals surface area contributed by atoms with Crippen LogP contribution in [0.3, 0.4) is 0 Å². The minimum atomic E-state index is 0.0688. The van der Waals surface area contributed by atoms with Gasteiger partial charge in [-0.15, -0.1) is 0 Å². The number of methoxy groups -OCH3 is 1. The van der Waals surface area contributed by atoms with Crippen LogP contribution in [0.1, 0.15) is 5.56 Å². The van der Waals surface area contributed by atoms with E-state index in [-0.39, 0.29) is 5.75 Å². The number of aromatic hydroxyl groups is 1. The van der Waals surface area contributed by atoms with Gasteiger partial charge in [0.05, 0.1) is 23.5 Å². The van der Waals surface area contributed by atoms with E-state index in [0.29, 0.717) is 28.4 Å². The maximum atomic E-state index is 9.92. The number of hydrogen-bond donors (Lipinski definition) is 3. The molecule has 3 N–H and O–H groups in total. The van der Waals surface area contributed by atoms with Gasteiger partial charge < -0.3 is 19.2 Å². The summed E-state index contributed by atoms with van der Waals surface area (Å²) >= 11 is 0. The van der Waals surface area contributed by atoms with Crippen LogP contribution in [-0.2, 0) is 0 Å². The number of imidazole rings is 1. The summed E-state index contributed by atoms with van der Waals surface area (Å²) in [6.45, 7) is 2.01. The molecule has 0 spiro atoms. The number of aromatic nitrogens is 2. The first-order chi connectivity index (χ1) is 15.1. The second kappa shape index (κ2) is 7.53. The zero-order chi connectivity index (χ0) is 21.4. The Bertz CT molecular complexity index is 1450. The number of phenolic OH excluding ortho intramolecular Hbond substituents is 1. The van der Waals surface area contributed by atoms with E-state index in [1.165, 1.54) is 7.11 Å². The molecule has 5 aromatic rings. The van der Waals surface area contributed by atoms with Gasteiger partial charge >= 0.3 is 0 Å². The lowest BCUT2D eigenvalue weighted by Gasteiger charge is -2.08. The molecule has 7 heteroatoms. The highest BCUT2D eigenvalue weighted by molar-refractivity contribution is 5.80. The van der Waals surface area contributed by atoms with E-state index in [1.807, 2.05) is 55.5 Å². The summed E-state index contributed by atoms with van der Waals surface area (Å²) in [5.41, 5.74) is 7.35. The second-order valence-corrected chi connectivity index (χ2v) is 7.21. The fourth-order valence-corrected chi connectivity index (χ4v) is 3.46. The molecular formula is C24H20N4O3. The third-order valence-electron chi connectivity index (χ3n) is 5.04. The first kappa shape index (κ1) is 18.7. The lowest BCUT2D eigenvalue weighted by molar-refractivity contribution is 0.373. The molecule has 0 aliphatic carbocycles. The molecule has 3 aromatic carbocycles. The first-order valence-electron chi connectivity index (χ1n) is 9.77. The smallest absolute Gasteiger partial charge is 0.222 e. The number of anilines is 1. The summed E-state index contributed by atoms with van der Waals surface area (Å²) in [6, 6.07) is 20.7. The third-order valence-corrected chi connectivity index (χ3v) is 5.04. The summed E-state index contributed by atoms with van der Waals surface area (Å²) in [5.74, 6) is 1.59. The zero-order valence-electron chi connectivity index (χ0n) is 17.0. The number of aromatic amines is 1. The van der Waals surface area contributed by atoms with Crippen molar-refractivity contribution >= 4 is 28.0 Å². The summed E-state index contributed by atoms with van der Waals surface area (Å²) in [6.07, 6.45) is 0. The van der Waals surface area contributed by atoms with Crippen LogP contribution in [0.5, 0.6) is 11.5 Å². The predicted molar refractivity (Wildman–Crippen MR) is 120 cm³/mol. The fraction of sp³-hybridized carbons (Fsp3) is 0.0833. The molecule has 2 heterocycles. The lowest BCUT2D eigenvalue weighted by atomic mass is 10.1. The molecule has 0 bridgehead atoms. The number of fused-ring (bicyclic) bond motifs is 2. The van der Waals surface area contributed by atoms with E-state index >= 15 is 0 Å². The highest BCUT2D eigenvalue weighted by atomic mass is 16.5. The average molecular weight is 412 g/mol. The molecule has 31 heavy (non-hydrogen) atoms. The van der Waals surface area contributed by atoms with Gasteiger partial charge in [0, 0.05) is 17.0 Å². The number of ether oxygens (including phenoxy) is 1. The molecular weight excluding hydrogens is 392 g/mol. The van der Waals surface area contributed by atoms with Crippen molar-refractivity contribution in [2.75, 3.05) is 12.5 Å². The van der Waals surface area contributed by atoms with E-state index in [0.717, 1.165) is 27.5 Å². The Kier molecular flexibility index (Phi) is 4.55. The highest BCUT2D eigenvalue weighted by Gasteiger charge is 2.10. The number of nitrogens with zero attached hydrogens (tertiary/aromatic N) is 2. The van der Waals surface area contributed by atoms with Gasteiger partial charge in [0.15, 0.2) is 11.5 Å². The monoisotopic (exact) mass is 412 g/mol. The highest BCUT2D eigenvalue weighted by Crippen LogP contribution is 2.32. The van der Waals surface area contributed by atoms with Crippen LogP contribution in [0, 0.1) is 6.92 Å². The Labute approximate surface area is 177 Å². The second-order valence-electron chi connectivity index (χ2n) is 7.21. The van der Waals surface area contributed by atoms with E-state index in [2.05, 4.69) is 20.5 Å². The Morgan fingerprint density at radius 2 is 1.94 bits per heavy atom. The van der Waals surface area contributed by atoms with Crippen LogP contribution in [0.4, 0.5) is 5.95 Å². The van der Waals surface area contributed by atoms with Gasteiger partial charge in [0.2, 0.25) is 5.95 Å². The number of benzene rings is 3. The van der Waals surface area contributed by atoms with Crippen molar-refractivity contribution in [1.29, 1.82) is 0 Å². The Balaban J connectivity index is 1.64. The molecule has 0 unspecified atom stereocenters. The Morgan fingerprint density at radius 1 is 1.06 bits per heavy atom. The molecule has 0 aliphatic rings. The number of aryl methyl sites for hydroxylation is 1. The molecule has 0 fully saturated rings. The van der Waals surface area contributed by atoms with Crippen molar-refractivity contribution in [3.05, 3.63) is 77.7 Å². The van der Waals surface area contributed by atoms with Gasteiger partial charge in [-0.3, -0.25) is 0 Å². The van der Waals surface area contributed by atoms with Crippen LogP contribution < -0.4 is 15.5 Å². The van der Waals surface area contributed by atoms with E-state index in [1.54, 1.807) is 18.2 Å². The minimum absolute atomic E-state index is 0.0688. The minimum Gasteiger partial charge on any atom is -0.504 e. The number of hydrogen-bond acceptors (Lipinski definition) is 6. The van der Waals surface area contributed by atoms with E-state index in [4.69, 9.17) is 9.15 Å². The lowest BCUT2D eigenvalue weighted by Crippen LogP contribution is -2.08. The number of H-pyrrole nitrogens is 1. The van der Waals surface area contributed by atoms with Gasteiger partial charge in [-0.1, -0.05) is 18.2 Å². The average Bonchev–Trinajstić information content (AvgIpc) is 3.20. The number of para-hydroxylation sites is 2.